The minimum atomic E-state index is -3.24. The molecule has 0 unspecified atom stereocenters. The van der Waals surface area contributed by atoms with E-state index in [-0.39, 0.29) is 5.97 Å². The Morgan fingerprint density at radius 2 is 1.41 bits per heavy atom. The van der Waals surface area contributed by atoms with Gasteiger partial charge in [0.1, 0.15) is 0 Å². The second kappa shape index (κ2) is 10.5. The molecule has 0 aliphatic heterocycles. The Bertz CT molecular complexity index is 207. The van der Waals surface area contributed by atoms with Gasteiger partial charge in [-0.25, -0.2) is 0 Å². The van der Waals surface area contributed by atoms with E-state index in [0.717, 1.165) is 12.8 Å². The highest BCUT2D eigenvalue weighted by atomic mass is 35.8. The molecule has 0 aromatic heterocycles. The van der Waals surface area contributed by atoms with Crippen LogP contribution in [0.4, 0.5) is 0 Å². The van der Waals surface area contributed by atoms with E-state index in [4.69, 9.17) is 37.7 Å². The maximum atomic E-state index is 11.2. The first-order valence-electron chi connectivity index (χ1n) is 6.24. The third-order valence-electron chi connectivity index (χ3n) is 2.46. The number of rotatable bonds is 10. The van der Waals surface area contributed by atoms with Crippen molar-refractivity contribution >= 4 is 45.5 Å². The molecular formula is C11H21Cl3O2Si. The van der Waals surface area contributed by atoms with Crippen molar-refractivity contribution in [3.05, 3.63) is 0 Å². The summed E-state index contributed by atoms with van der Waals surface area (Å²) in [5.74, 6) is -0.386. The van der Waals surface area contributed by atoms with Gasteiger partial charge in [-0.3, -0.25) is 4.79 Å². The van der Waals surface area contributed by atoms with E-state index in [1.807, 2.05) is 0 Å². The van der Waals surface area contributed by atoms with Gasteiger partial charge in [-0.1, -0.05) is 85.1 Å². The summed E-state index contributed by atoms with van der Waals surface area (Å²) in [6.07, 6.45) is 6.59. The Kier molecular flexibility index (Phi) is 10.8. The summed E-state index contributed by atoms with van der Waals surface area (Å²) in [5, 5.41) is 0. The van der Waals surface area contributed by atoms with E-state index in [1.54, 1.807) is 0 Å². The van der Waals surface area contributed by atoms with Gasteiger partial charge in [0.05, 0.1) is 0 Å². The van der Waals surface area contributed by atoms with Crippen LogP contribution in [0.1, 0.15) is 64.7 Å². The normalized spacial score (nSPS) is 11.5. The summed E-state index contributed by atoms with van der Waals surface area (Å²) in [5.41, 5.74) is 0. The number of halogens is 3. The Balaban J connectivity index is 3.25. The zero-order valence-corrected chi connectivity index (χ0v) is 13.6. The fourth-order valence-corrected chi connectivity index (χ4v) is 2.72. The highest BCUT2D eigenvalue weighted by Gasteiger charge is 2.32. The number of hydrogen-bond acceptors (Lipinski definition) is 2. The van der Waals surface area contributed by atoms with Crippen LogP contribution in [-0.2, 0) is 9.22 Å². The largest absolute Gasteiger partial charge is 0.557 e. The van der Waals surface area contributed by atoms with E-state index in [9.17, 15) is 4.79 Å². The summed E-state index contributed by atoms with van der Waals surface area (Å²) in [7, 11) is 0. The smallest absolute Gasteiger partial charge is 0.481 e. The molecule has 0 atom stereocenters. The average molecular weight is 320 g/mol. The lowest BCUT2D eigenvalue weighted by molar-refractivity contribution is -0.134. The van der Waals surface area contributed by atoms with Crippen LogP contribution >= 0.6 is 33.2 Å². The van der Waals surface area contributed by atoms with Gasteiger partial charge in [0.2, 0.25) is 0 Å². The van der Waals surface area contributed by atoms with Crippen molar-refractivity contribution < 1.29 is 9.22 Å². The van der Waals surface area contributed by atoms with E-state index < -0.39 is 6.25 Å². The molecule has 0 amide bonds. The maximum absolute atomic E-state index is 11.2. The van der Waals surface area contributed by atoms with Gasteiger partial charge in [0, 0.05) is 6.42 Å². The highest BCUT2D eigenvalue weighted by molar-refractivity contribution is 7.62. The van der Waals surface area contributed by atoms with Gasteiger partial charge in [-0.05, 0) is 6.42 Å². The molecule has 102 valence electrons. The van der Waals surface area contributed by atoms with Crippen LogP contribution in [-0.4, -0.2) is 12.2 Å². The van der Waals surface area contributed by atoms with Crippen molar-refractivity contribution in [1.82, 2.24) is 0 Å². The van der Waals surface area contributed by atoms with Crippen molar-refractivity contribution in [2.45, 2.75) is 64.7 Å². The molecule has 17 heavy (non-hydrogen) atoms. The third-order valence-corrected chi connectivity index (χ3v) is 3.62. The van der Waals surface area contributed by atoms with Crippen LogP contribution in [0.25, 0.3) is 0 Å². The molecule has 0 N–H and O–H groups in total. The fourth-order valence-electron chi connectivity index (χ4n) is 1.58. The second-order valence-corrected chi connectivity index (χ2v) is 11.8. The second-order valence-electron chi connectivity index (χ2n) is 4.14. The third kappa shape index (κ3) is 14.5. The number of hydrogen-bond donors (Lipinski definition) is 0. The van der Waals surface area contributed by atoms with Crippen molar-refractivity contribution in [3.63, 3.8) is 0 Å². The predicted molar refractivity (Wildman–Crippen MR) is 76.6 cm³/mol. The SMILES string of the molecule is CCCCCCCCCCC(=O)O[Si](Cl)(Cl)Cl. The zero-order chi connectivity index (χ0) is 13.1. The summed E-state index contributed by atoms with van der Waals surface area (Å²) in [6, 6.07) is 0. The molecule has 0 saturated heterocycles. The van der Waals surface area contributed by atoms with Gasteiger partial charge < -0.3 is 4.43 Å². The van der Waals surface area contributed by atoms with Gasteiger partial charge >= 0.3 is 6.25 Å². The lowest BCUT2D eigenvalue weighted by Gasteiger charge is -2.09. The van der Waals surface area contributed by atoms with Crippen LogP contribution < -0.4 is 0 Å². The van der Waals surface area contributed by atoms with Crippen LogP contribution in [0.3, 0.4) is 0 Å². The summed E-state index contributed by atoms with van der Waals surface area (Å²) in [6.45, 7) is 2.21. The maximum Gasteiger partial charge on any atom is 0.557 e. The van der Waals surface area contributed by atoms with Crippen molar-refractivity contribution in [2.75, 3.05) is 0 Å². The molecule has 0 aromatic rings. The first-order chi connectivity index (χ1) is 7.95. The topological polar surface area (TPSA) is 26.3 Å². The molecule has 0 bridgehead atoms. The molecule has 0 radical (unpaired) electrons. The fraction of sp³-hybridized carbons (Fsp3) is 0.909. The minimum Gasteiger partial charge on any atom is -0.481 e. The van der Waals surface area contributed by atoms with Crippen LogP contribution in [0.5, 0.6) is 0 Å². The molecule has 0 heterocycles. The average Bonchev–Trinajstić information content (AvgIpc) is 2.19. The zero-order valence-electron chi connectivity index (χ0n) is 10.3. The molecule has 0 rings (SSSR count). The molecule has 0 aliphatic rings. The summed E-state index contributed by atoms with van der Waals surface area (Å²) < 4.78 is 4.69. The van der Waals surface area contributed by atoms with Gasteiger partial charge in [-0.2, -0.15) is 0 Å². The van der Waals surface area contributed by atoms with E-state index in [1.165, 1.54) is 38.5 Å². The van der Waals surface area contributed by atoms with Crippen LogP contribution in [0, 0.1) is 0 Å². The van der Waals surface area contributed by atoms with Crippen molar-refractivity contribution in [2.24, 2.45) is 0 Å². The van der Waals surface area contributed by atoms with Crippen molar-refractivity contribution in [3.8, 4) is 0 Å². The number of unbranched alkanes of at least 4 members (excludes halogenated alkanes) is 7. The summed E-state index contributed by atoms with van der Waals surface area (Å²) >= 11 is 16.4. The Morgan fingerprint density at radius 1 is 0.941 bits per heavy atom. The van der Waals surface area contributed by atoms with Crippen molar-refractivity contribution in [1.29, 1.82) is 0 Å². The highest BCUT2D eigenvalue weighted by Crippen LogP contribution is 2.22. The van der Waals surface area contributed by atoms with E-state index in [2.05, 4.69) is 6.92 Å². The predicted octanol–water partition coefficient (Wildman–Crippen LogP) is 5.21. The van der Waals surface area contributed by atoms with Crippen LogP contribution in [0.2, 0.25) is 0 Å². The number of carbonyl (C=O) groups excluding carboxylic acids is 1. The Labute approximate surface area is 119 Å². The quantitative estimate of drug-likeness (QED) is 0.314. The lowest BCUT2D eigenvalue weighted by atomic mass is 10.1. The standard InChI is InChI=1S/C11H21Cl3O2Si/c1-2-3-4-5-6-7-8-9-10-11(15)16-17(12,13)14/h2-10H2,1H3. The first-order valence-corrected chi connectivity index (χ1v) is 11.2. The number of carbonyl (C=O) groups is 1. The lowest BCUT2D eigenvalue weighted by Crippen LogP contribution is -2.21. The molecule has 0 aromatic carbocycles. The van der Waals surface area contributed by atoms with Gasteiger partial charge in [-0.15, -0.1) is 0 Å². The molecule has 0 spiro atoms. The van der Waals surface area contributed by atoms with Gasteiger partial charge in [0.25, 0.3) is 5.97 Å². The molecular weight excluding hydrogens is 299 g/mol. The molecule has 0 saturated carbocycles. The monoisotopic (exact) mass is 318 g/mol. The van der Waals surface area contributed by atoms with Crippen LogP contribution in [0.15, 0.2) is 0 Å². The minimum absolute atomic E-state index is 0.357. The van der Waals surface area contributed by atoms with E-state index >= 15 is 0 Å². The Morgan fingerprint density at radius 3 is 1.88 bits per heavy atom. The molecule has 0 fully saturated rings. The van der Waals surface area contributed by atoms with Gasteiger partial charge in [0.15, 0.2) is 0 Å². The van der Waals surface area contributed by atoms with E-state index in [0.29, 0.717) is 6.42 Å². The molecule has 0 aliphatic carbocycles. The summed E-state index contributed by atoms with van der Waals surface area (Å²) in [4.78, 5) is 11.2. The molecule has 6 heteroatoms. The molecule has 2 nitrogen and oxygen atoms in total. The Hall–Kier alpha value is 0.557. The first kappa shape index (κ1) is 17.6.